The van der Waals surface area contributed by atoms with Crippen molar-refractivity contribution in [3.8, 4) is 0 Å². The number of rotatable bonds is 4. The monoisotopic (exact) mass is 398 g/mol. The summed E-state index contributed by atoms with van der Waals surface area (Å²) in [5, 5.41) is 4.10. The van der Waals surface area contributed by atoms with Gasteiger partial charge in [0.1, 0.15) is 6.04 Å². The molecule has 0 unspecified atom stereocenters. The second-order valence-electron chi connectivity index (χ2n) is 5.61. The summed E-state index contributed by atoms with van der Waals surface area (Å²) in [6.45, 7) is -0.942. The van der Waals surface area contributed by atoms with Crippen LogP contribution in [0.5, 0.6) is 0 Å². The smallest absolute Gasteiger partial charge is 0.416 e. The number of carbonyl (C=O) groups is 3. The normalized spacial score (nSPS) is 17.4. The fourth-order valence-corrected chi connectivity index (χ4v) is 2.25. The Labute approximate surface area is 147 Å². The van der Waals surface area contributed by atoms with Crippen LogP contribution in [-0.4, -0.2) is 30.4 Å². The van der Waals surface area contributed by atoms with Gasteiger partial charge in [-0.15, -0.1) is 0 Å². The second-order valence-corrected chi connectivity index (χ2v) is 5.61. The Morgan fingerprint density at radius 1 is 1.07 bits per heavy atom. The molecule has 0 radical (unpaired) electrons. The van der Waals surface area contributed by atoms with Gasteiger partial charge in [0.05, 0.1) is 11.1 Å². The van der Waals surface area contributed by atoms with Gasteiger partial charge >= 0.3 is 18.3 Å². The number of anilines is 1. The number of carbonyl (C=O) groups excluding carboxylic acids is 3. The summed E-state index contributed by atoms with van der Waals surface area (Å²) < 4.78 is 81.1. The molecule has 6 nitrogen and oxygen atoms in total. The van der Waals surface area contributed by atoms with Crippen molar-refractivity contribution in [2.75, 3.05) is 11.9 Å². The van der Waals surface area contributed by atoms with Crippen LogP contribution in [-0.2, 0) is 31.5 Å². The molecule has 2 rings (SSSR count). The zero-order valence-electron chi connectivity index (χ0n) is 13.3. The largest absolute Gasteiger partial charge is 0.454 e. The summed E-state index contributed by atoms with van der Waals surface area (Å²) in [5.41, 5.74) is -3.95. The molecule has 1 saturated heterocycles. The molecule has 1 aliphatic rings. The van der Waals surface area contributed by atoms with Gasteiger partial charge in [-0.2, -0.15) is 26.3 Å². The minimum absolute atomic E-state index is 0.0849. The topological polar surface area (TPSA) is 84.5 Å². The minimum atomic E-state index is -5.06. The van der Waals surface area contributed by atoms with Crippen LogP contribution in [0, 0.1) is 0 Å². The van der Waals surface area contributed by atoms with E-state index >= 15 is 0 Å². The predicted molar refractivity (Wildman–Crippen MR) is 77.2 cm³/mol. The first-order valence-corrected chi connectivity index (χ1v) is 7.41. The first-order valence-electron chi connectivity index (χ1n) is 7.41. The van der Waals surface area contributed by atoms with Crippen molar-refractivity contribution in [1.29, 1.82) is 0 Å². The maximum atomic E-state index is 12.7. The van der Waals surface area contributed by atoms with E-state index in [2.05, 4.69) is 10.1 Å². The highest BCUT2D eigenvalue weighted by Crippen LogP contribution is 2.37. The van der Waals surface area contributed by atoms with Crippen LogP contribution in [0.25, 0.3) is 0 Å². The molecule has 0 saturated carbocycles. The van der Waals surface area contributed by atoms with E-state index in [0.717, 1.165) is 0 Å². The molecule has 0 aromatic heterocycles. The average Bonchev–Trinajstić information content (AvgIpc) is 2.97. The van der Waals surface area contributed by atoms with E-state index < -0.39 is 53.7 Å². The Hall–Kier alpha value is -2.79. The molecule has 2 amide bonds. The van der Waals surface area contributed by atoms with Crippen molar-refractivity contribution in [3.05, 3.63) is 29.3 Å². The van der Waals surface area contributed by atoms with Crippen molar-refractivity contribution in [1.82, 2.24) is 5.32 Å². The highest BCUT2D eigenvalue weighted by molar-refractivity contribution is 5.94. The molecular formula is C15H12F6N2O4. The van der Waals surface area contributed by atoms with Crippen molar-refractivity contribution < 1.29 is 45.5 Å². The average molecular weight is 398 g/mol. The molecule has 27 heavy (non-hydrogen) atoms. The standard InChI is InChI=1S/C15H12F6N2O4/c16-14(17,18)7-3-8(15(19,20)21)5-9(4-7)22-12(25)6-27-13(26)10-1-2-11(24)23-10/h3-5,10H,1-2,6H2,(H,22,25)(H,23,24)/t10-/m1/s1. The van der Waals surface area contributed by atoms with E-state index in [4.69, 9.17) is 0 Å². The van der Waals surface area contributed by atoms with Crippen molar-refractivity contribution >= 4 is 23.5 Å². The lowest BCUT2D eigenvalue weighted by Crippen LogP contribution is -2.36. The zero-order valence-corrected chi connectivity index (χ0v) is 13.3. The van der Waals surface area contributed by atoms with Crippen LogP contribution in [0.1, 0.15) is 24.0 Å². The fourth-order valence-electron chi connectivity index (χ4n) is 2.25. The van der Waals surface area contributed by atoms with Gasteiger partial charge in [0.2, 0.25) is 5.91 Å². The van der Waals surface area contributed by atoms with Gasteiger partial charge in [-0.3, -0.25) is 9.59 Å². The van der Waals surface area contributed by atoms with Gasteiger partial charge < -0.3 is 15.4 Å². The van der Waals surface area contributed by atoms with Crippen LogP contribution in [0.2, 0.25) is 0 Å². The molecule has 148 valence electrons. The number of hydrogen-bond acceptors (Lipinski definition) is 4. The summed E-state index contributed by atoms with van der Waals surface area (Å²) in [7, 11) is 0. The van der Waals surface area contributed by atoms with Crippen molar-refractivity contribution in [2.24, 2.45) is 0 Å². The van der Waals surface area contributed by atoms with Crippen molar-refractivity contribution in [3.63, 3.8) is 0 Å². The van der Waals surface area contributed by atoms with Crippen LogP contribution >= 0.6 is 0 Å². The number of benzene rings is 1. The first-order chi connectivity index (χ1) is 12.4. The van der Waals surface area contributed by atoms with Gasteiger partial charge in [-0.1, -0.05) is 0 Å². The molecule has 1 aliphatic heterocycles. The molecule has 0 aliphatic carbocycles. The van der Waals surface area contributed by atoms with E-state index in [9.17, 15) is 40.7 Å². The first kappa shape index (κ1) is 20.5. The van der Waals surface area contributed by atoms with Crippen LogP contribution in [0.3, 0.4) is 0 Å². The number of esters is 1. The molecule has 0 spiro atoms. The van der Waals surface area contributed by atoms with E-state index in [1.807, 2.05) is 5.32 Å². The second kappa shape index (κ2) is 7.45. The van der Waals surface area contributed by atoms with Crippen molar-refractivity contribution in [2.45, 2.75) is 31.2 Å². The number of ether oxygens (including phenoxy) is 1. The van der Waals surface area contributed by atoms with Crippen LogP contribution in [0.15, 0.2) is 18.2 Å². The lowest BCUT2D eigenvalue weighted by Gasteiger charge is -2.15. The Morgan fingerprint density at radius 3 is 2.07 bits per heavy atom. The lowest BCUT2D eigenvalue weighted by atomic mass is 10.1. The maximum absolute atomic E-state index is 12.7. The SMILES string of the molecule is O=C(COC(=O)[C@H]1CCC(=O)N1)Nc1cc(C(F)(F)F)cc(C(F)(F)F)c1. The Bertz CT molecular complexity index is 727. The summed E-state index contributed by atoms with van der Waals surface area (Å²) in [5.74, 6) is -2.46. The summed E-state index contributed by atoms with van der Waals surface area (Å²) in [6.07, 6.45) is -9.87. The number of alkyl halides is 6. The number of nitrogens with one attached hydrogen (secondary N) is 2. The number of halogens is 6. The highest BCUT2D eigenvalue weighted by atomic mass is 19.4. The van der Waals surface area contributed by atoms with Gasteiger partial charge in [0, 0.05) is 12.1 Å². The van der Waals surface area contributed by atoms with Crippen LogP contribution < -0.4 is 10.6 Å². The number of hydrogen-bond donors (Lipinski definition) is 2. The number of amides is 2. The lowest BCUT2D eigenvalue weighted by molar-refractivity contribution is -0.149. The van der Waals surface area contributed by atoms with E-state index in [-0.39, 0.29) is 24.8 Å². The van der Waals surface area contributed by atoms with Gasteiger partial charge in [-0.05, 0) is 24.6 Å². The Balaban J connectivity index is 2.06. The van der Waals surface area contributed by atoms with Gasteiger partial charge in [-0.25, -0.2) is 4.79 Å². The zero-order chi connectivity index (χ0) is 20.4. The molecule has 1 fully saturated rings. The Kier molecular flexibility index (Phi) is 5.66. The molecule has 1 aromatic rings. The van der Waals surface area contributed by atoms with Gasteiger partial charge in [0.25, 0.3) is 5.91 Å². The Morgan fingerprint density at radius 2 is 1.63 bits per heavy atom. The summed E-state index contributed by atoms with van der Waals surface area (Å²) >= 11 is 0. The summed E-state index contributed by atoms with van der Waals surface area (Å²) in [6, 6.07) is -0.382. The van der Waals surface area contributed by atoms with E-state index in [1.54, 1.807) is 0 Å². The maximum Gasteiger partial charge on any atom is 0.416 e. The van der Waals surface area contributed by atoms with Gasteiger partial charge in [0.15, 0.2) is 6.61 Å². The van der Waals surface area contributed by atoms with E-state index in [0.29, 0.717) is 12.1 Å². The molecule has 1 aromatic carbocycles. The third kappa shape index (κ3) is 5.59. The quantitative estimate of drug-likeness (QED) is 0.603. The highest BCUT2D eigenvalue weighted by Gasteiger charge is 2.37. The molecule has 0 bridgehead atoms. The molecule has 2 N–H and O–H groups in total. The third-order valence-corrected chi connectivity index (χ3v) is 3.50. The third-order valence-electron chi connectivity index (χ3n) is 3.50. The minimum Gasteiger partial charge on any atom is -0.454 e. The summed E-state index contributed by atoms with van der Waals surface area (Å²) in [4.78, 5) is 34.3. The fraction of sp³-hybridized carbons (Fsp3) is 0.400. The molecule has 1 atom stereocenters. The molecule has 12 heteroatoms. The predicted octanol–water partition coefficient (Wildman–Crippen LogP) is 2.48. The van der Waals surface area contributed by atoms with Crippen LogP contribution in [0.4, 0.5) is 32.0 Å². The van der Waals surface area contributed by atoms with E-state index in [1.165, 1.54) is 0 Å². The molecule has 1 heterocycles. The molecular weight excluding hydrogens is 386 g/mol.